The Morgan fingerprint density at radius 1 is 1.14 bits per heavy atom. The number of rotatable bonds is 8. The van der Waals surface area contributed by atoms with Gasteiger partial charge in [-0.1, -0.05) is 0 Å². The van der Waals surface area contributed by atoms with Gasteiger partial charge in [-0.2, -0.15) is 5.10 Å². The van der Waals surface area contributed by atoms with E-state index in [1.165, 1.54) is 12.8 Å². The smallest absolute Gasteiger partial charge is 0.258 e. The zero-order valence-electron chi connectivity index (χ0n) is 24.5. The van der Waals surface area contributed by atoms with Crippen molar-refractivity contribution in [1.82, 2.24) is 30.0 Å². The molecule has 2 atom stereocenters. The van der Waals surface area contributed by atoms with E-state index in [1.807, 2.05) is 51.8 Å². The van der Waals surface area contributed by atoms with Crippen LogP contribution >= 0.6 is 11.3 Å². The third-order valence-corrected chi connectivity index (χ3v) is 9.82. The van der Waals surface area contributed by atoms with Crippen LogP contribution in [0.3, 0.4) is 0 Å². The van der Waals surface area contributed by atoms with Gasteiger partial charge in [-0.15, -0.1) is 11.3 Å². The monoisotopic (exact) mass is 600 g/mol. The molecule has 224 valence electrons. The second-order valence-corrected chi connectivity index (χ2v) is 12.8. The fourth-order valence-corrected chi connectivity index (χ4v) is 7.03. The number of pyridine rings is 1. The SMILES string of the molecule is COC1(C(=O)Nc2ccc3[nH]nc(-c4ccnc(C5CC5)c4)c3c2)CCN(CC(=O)N2CCN(c3nccs3)C[C@H]2C)C1. The molecule has 0 bridgehead atoms. The molecule has 3 fully saturated rings. The zero-order valence-corrected chi connectivity index (χ0v) is 25.3. The van der Waals surface area contributed by atoms with Crippen LogP contribution in [0.1, 0.15) is 37.8 Å². The van der Waals surface area contributed by atoms with Gasteiger partial charge in [0.05, 0.1) is 12.1 Å². The van der Waals surface area contributed by atoms with Crippen LogP contribution in [0.4, 0.5) is 10.8 Å². The van der Waals surface area contributed by atoms with Crippen molar-refractivity contribution in [3.8, 4) is 11.3 Å². The van der Waals surface area contributed by atoms with E-state index in [9.17, 15) is 9.59 Å². The van der Waals surface area contributed by atoms with Gasteiger partial charge in [-0.25, -0.2) is 4.98 Å². The molecule has 3 aromatic heterocycles. The largest absolute Gasteiger partial charge is 0.367 e. The zero-order chi connectivity index (χ0) is 29.6. The quantitative estimate of drug-likeness (QED) is 0.314. The maximum Gasteiger partial charge on any atom is 0.258 e. The van der Waals surface area contributed by atoms with E-state index in [0.29, 0.717) is 37.7 Å². The summed E-state index contributed by atoms with van der Waals surface area (Å²) in [4.78, 5) is 42.2. The van der Waals surface area contributed by atoms with Crippen LogP contribution in [0.15, 0.2) is 48.1 Å². The number of hydrogen-bond donors (Lipinski definition) is 2. The Hall–Kier alpha value is -3.87. The summed E-state index contributed by atoms with van der Waals surface area (Å²) in [5, 5.41) is 14.7. The molecule has 12 heteroatoms. The summed E-state index contributed by atoms with van der Waals surface area (Å²) in [6, 6.07) is 9.93. The predicted octanol–water partition coefficient (Wildman–Crippen LogP) is 3.73. The van der Waals surface area contributed by atoms with Crippen LogP contribution in [0.25, 0.3) is 22.2 Å². The van der Waals surface area contributed by atoms with E-state index in [-0.39, 0.29) is 24.4 Å². The predicted molar refractivity (Wildman–Crippen MR) is 166 cm³/mol. The summed E-state index contributed by atoms with van der Waals surface area (Å²) in [6.07, 6.45) is 6.54. The van der Waals surface area contributed by atoms with Gasteiger partial charge >= 0.3 is 0 Å². The minimum Gasteiger partial charge on any atom is -0.367 e. The fraction of sp³-hybridized carbons (Fsp3) is 0.452. The maximum atomic E-state index is 13.7. The van der Waals surface area contributed by atoms with Crippen LogP contribution in [0.5, 0.6) is 0 Å². The first-order valence-corrected chi connectivity index (χ1v) is 15.8. The number of methoxy groups -OCH3 is 1. The number of fused-ring (bicyclic) bond motifs is 1. The van der Waals surface area contributed by atoms with Crippen molar-refractivity contribution in [2.45, 2.75) is 43.7 Å². The minimum atomic E-state index is -1.03. The number of aromatic nitrogens is 4. The molecule has 2 aliphatic heterocycles. The van der Waals surface area contributed by atoms with Crippen molar-refractivity contribution in [2.75, 3.05) is 56.6 Å². The molecule has 5 heterocycles. The summed E-state index contributed by atoms with van der Waals surface area (Å²) >= 11 is 1.62. The molecule has 1 aromatic carbocycles. The molecule has 2 N–H and O–H groups in total. The summed E-state index contributed by atoms with van der Waals surface area (Å²) in [7, 11) is 1.57. The first-order chi connectivity index (χ1) is 20.9. The Labute approximate surface area is 254 Å². The number of likely N-dealkylation sites (tertiary alicyclic amines) is 1. The van der Waals surface area contributed by atoms with E-state index in [0.717, 1.165) is 46.1 Å². The number of nitrogens with zero attached hydrogens (tertiary/aromatic N) is 6. The summed E-state index contributed by atoms with van der Waals surface area (Å²) in [5.74, 6) is 0.422. The highest BCUT2D eigenvalue weighted by Gasteiger charge is 2.46. The highest BCUT2D eigenvalue weighted by Crippen LogP contribution is 2.40. The molecule has 1 unspecified atom stereocenters. The Balaban J connectivity index is 1.00. The summed E-state index contributed by atoms with van der Waals surface area (Å²) in [5.41, 5.74) is 3.49. The maximum absolute atomic E-state index is 13.7. The van der Waals surface area contributed by atoms with Crippen molar-refractivity contribution in [1.29, 1.82) is 0 Å². The molecule has 7 rings (SSSR count). The number of piperazine rings is 1. The number of hydrogen-bond acceptors (Lipinski definition) is 9. The molecule has 1 aliphatic carbocycles. The molecule has 2 saturated heterocycles. The lowest BCUT2D eigenvalue weighted by molar-refractivity contribution is -0.138. The van der Waals surface area contributed by atoms with Gasteiger partial charge in [0.1, 0.15) is 5.69 Å². The number of amides is 2. The fourth-order valence-electron chi connectivity index (χ4n) is 6.35. The highest BCUT2D eigenvalue weighted by atomic mass is 32.1. The molecule has 3 aliphatic rings. The number of nitrogens with one attached hydrogen (secondary N) is 2. The topological polar surface area (TPSA) is 120 Å². The van der Waals surface area contributed by atoms with E-state index in [2.05, 4.69) is 43.4 Å². The Morgan fingerprint density at radius 2 is 2.02 bits per heavy atom. The van der Waals surface area contributed by atoms with E-state index >= 15 is 0 Å². The minimum absolute atomic E-state index is 0.0810. The molecule has 0 spiro atoms. The van der Waals surface area contributed by atoms with Crippen LogP contribution in [0.2, 0.25) is 0 Å². The number of anilines is 2. The van der Waals surface area contributed by atoms with Crippen molar-refractivity contribution in [3.05, 3.63) is 53.8 Å². The number of ether oxygens (including phenoxy) is 1. The Bertz CT molecular complexity index is 1640. The van der Waals surface area contributed by atoms with Crippen LogP contribution in [0, 0.1) is 0 Å². The lowest BCUT2D eigenvalue weighted by atomic mass is 10.0. The number of aromatic amines is 1. The van der Waals surface area contributed by atoms with Gasteiger partial charge in [0.25, 0.3) is 5.91 Å². The highest BCUT2D eigenvalue weighted by molar-refractivity contribution is 7.13. The van der Waals surface area contributed by atoms with Gasteiger partial charge in [-0.05, 0) is 56.5 Å². The molecule has 4 aromatic rings. The first-order valence-electron chi connectivity index (χ1n) is 14.9. The summed E-state index contributed by atoms with van der Waals surface area (Å²) < 4.78 is 5.86. The number of carbonyl (C=O) groups is 2. The van der Waals surface area contributed by atoms with Gasteiger partial charge < -0.3 is 19.9 Å². The third-order valence-electron chi connectivity index (χ3n) is 8.98. The molecule has 2 amide bonds. The van der Waals surface area contributed by atoms with Crippen molar-refractivity contribution in [3.63, 3.8) is 0 Å². The van der Waals surface area contributed by atoms with E-state index in [1.54, 1.807) is 18.4 Å². The van der Waals surface area contributed by atoms with Gasteiger partial charge in [0, 0.05) is 91.9 Å². The summed E-state index contributed by atoms with van der Waals surface area (Å²) in [6.45, 7) is 5.49. The number of carbonyl (C=O) groups excluding carboxylic acids is 2. The lowest BCUT2D eigenvalue weighted by Crippen LogP contribution is -2.56. The molecule has 43 heavy (non-hydrogen) atoms. The van der Waals surface area contributed by atoms with Crippen molar-refractivity contribution in [2.24, 2.45) is 0 Å². The second-order valence-electron chi connectivity index (χ2n) is 11.9. The molecular weight excluding hydrogens is 564 g/mol. The average Bonchev–Trinajstić information content (AvgIpc) is 3.38. The standard InChI is InChI=1S/C31H36N8O3S/c1-20-17-38(30-33-10-14-43-30)12-13-39(20)27(40)18-37-11-8-31(19-37,42-2)29(41)34-23-5-6-25-24(16-23)28(36-35-25)22-7-9-32-26(15-22)21-3-4-21/h5-7,9-10,14-16,20-21H,3-4,8,11-13,17-19H2,1-2H3,(H,34,41)(H,35,36)/t20-,31?/m1/s1. The number of H-pyrrole nitrogens is 1. The Morgan fingerprint density at radius 3 is 2.79 bits per heavy atom. The Kier molecular flexibility index (Phi) is 7.36. The second kappa shape index (κ2) is 11.3. The lowest BCUT2D eigenvalue weighted by Gasteiger charge is -2.40. The van der Waals surface area contributed by atoms with E-state index in [4.69, 9.17) is 4.74 Å². The van der Waals surface area contributed by atoms with Crippen molar-refractivity contribution < 1.29 is 14.3 Å². The molecular formula is C31H36N8O3S. The molecule has 11 nitrogen and oxygen atoms in total. The van der Waals surface area contributed by atoms with Gasteiger partial charge in [0.2, 0.25) is 5.91 Å². The van der Waals surface area contributed by atoms with Crippen molar-refractivity contribution >= 4 is 44.9 Å². The third kappa shape index (κ3) is 5.50. The molecule has 0 radical (unpaired) electrons. The van der Waals surface area contributed by atoms with Crippen LogP contribution in [-0.2, 0) is 14.3 Å². The van der Waals surface area contributed by atoms with Crippen LogP contribution in [-0.4, -0.2) is 99.8 Å². The molecule has 1 saturated carbocycles. The van der Waals surface area contributed by atoms with E-state index < -0.39 is 5.60 Å². The number of thiazole rings is 1. The van der Waals surface area contributed by atoms with Crippen LogP contribution < -0.4 is 10.2 Å². The normalized spacial score (nSPS) is 22.8. The average molecular weight is 601 g/mol. The number of benzene rings is 1. The van der Waals surface area contributed by atoms with Gasteiger partial charge in [0.15, 0.2) is 10.7 Å². The first kappa shape index (κ1) is 27.9. The van der Waals surface area contributed by atoms with Gasteiger partial charge in [-0.3, -0.25) is 24.6 Å².